The lowest BCUT2D eigenvalue weighted by Crippen LogP contribution is -2.49. The van der Waals surface area contributed by atoms with Gasteiger partial charge in [0.1, 0.15) is 12.3 Å². The standard InChI is InChI=1S/C21H29N3O4/c1-5-22-7-9-24(10-8-22)21(26)17-13-23(6-2)18(14-25)16-12-20(28-4)19(27-3)11-15(16)17/h11-14,18H,5-10H2,1-4H3. The Kier molecular flexibility index (Phi) is 6.24. The molecule has 0 aliphatic carbocycles. The summed E-state index contributed by atoms with van der Waals surface area (Å²) in [4.78, 5) is 31.4. The molecule has 0 spiro atoms. The van der Waals surface area contributed by atoms with Crippen LogP contribution in [-0.4, -0.2) is 80.4 Å². The molecule has 1 atom stereocenters. The number of carbonyl (C=O) groups is 2. The molecule has 1 unspecified atom stereocenters. The Bertz CT molecular complexity index is 769. The maximum atomic E-state index is 13.4. The molecule has 2 aliphatic heterocycles. The predicted octanol–water partition coefficient (Wildman–Crippen LogP) is 1.78. The van der Waals surface area contributed by atoms with E-state index in [9.17, 15) is 9.59 Å². The van der Waals surface area contributed by atoms with Crippen molar-refractivity contribution in [3.05, 3.63) is 29.5 Å². The third kappa shape index (κ3) is 3.58. The fraction of sp³-hybridized carbons (Fsp3) is 0.524. The minimum Gasteiger partial charge on any atom is -0.493 e. The van der Waals surface area contributed by atoms with Gasteiger partial charge in [0.25, 0.3) is 5.91 Å². The summed E-state index contributed by atoms with van der Waals surface area (Å²) in [6.45, 7) is 8.89. The monoisotopic (exact) mass is 387 g/mol. The molecule has 0 aromatic heterocycles. The molecule has 2 heterocycles. The van der Waals surface area contributed by atoms with Gasteiger partial charge < -0.3 is 29.0 Å². The van der Waals surface area contributed by atoms with Gasteiger partial charge in [-0.3, -0.25) is 4.79 Å². The predicted molar refractivity (Wildman–Crippen MR) is 107 cm³/mol. The summed E-state index contributed by atoms with van der Waals surface area (Å²) in [5, 5.41) is 0. The summed E-state index contributed by atoms with van der Waals surface area (Å²) < 4.78 is 10.9. The minimum absolute atomic E-state index is 0.00739. The average Bonchev–Trinajstić information content (AvgIpc) is 2.76. The first-order valence-electron chi connectivity index (χ1n) is 9.78. The van der Waals surface area contributed by atoms with E-state index in [-0.39, 0.29) is 5.91 Å². The van der Waals surface area contributed by atoms with Gasteiger partial charge in [0.2, 0.25) is 0 Å². The molecular weight excluding hydrogens is 358 g/mol. The molecule has 0 saturated carbocycles. The second-order valence-corrected chi connectivity index (χ2v) is 6.98. The van der Waals surface area contributed by atoms with E-state index < -0.39 is 6.04 Å². The zero-order chi connectivity index (χ0) is 20.3. The van der Waals surface area contributed by atoms with Crippen LogP contribution in [0.15, 0.2) is 18.3 Å². The van der Waals surface area contributed by atoms with E-state index in [2.05, 4.69) is 11.8 Å². The zero-order valence-electron chi connectivity index (χ0n) is 17.1. The van der Waals surface area contributed by atoms with Crippen LogP contribution in [0.3, 0.4) is 0 Å². The molecule has 152 valence electrons. The lowest BCUT2D eigenvalue weighted by Gasteiger charge is -2.37. The Morgan fingerprint density at radius 1 is 1.07 bits per heavy atom. The molecule has 2 aliphatic rings. The second kappa shape index (κ2) is 8.65. The molecule has 0 bridgehead atoms. The van der Waals surface area contributed by atoms with Crippen LogP contribution in [0.1, 0.15) is 31.0 Å². The highest BCUT2D eigenvalue weighted by Gasteiger charge is 2.33. The first kappa shape index (κ1) is 20.2. The van der Waals surface area contributed by atoms with Gasteiger partial charge in [-0.2, -0.15) is 0 Å². The van der Waals surface area contributed by atoms with E-state index in [1.807, 2.05) is 35.1 Å². The summed E-state index contributed by atoms with van der Waals surface area (Å²) in [7, 11) is 3.13. The van der Waals surface area contributed by atoms with Crippen molar-refractivity contribution in [2.24, 2.45) is 0 Å². The average molecular weight is 387 g/mol. The second-order valence-electron chi connectivity index (χ2n) is 6.98. The van der Waals surface area contributed by atoms with Gasteiger partial charge >= 0.3 is 0 Å². The summed E-state index contributed by atoms with van der Waals surface area (Å²) in [5.41, 5.74) is 2.11. The van der Waals surface area contributed by atoms with Crippen molar-refractivity contribution in [2.75, 3.05) is 53.5 Å². The summed E-state index contributed by atoms with van der Waals surface area (Å²) >= 11 is 0. The third-order valence-corrected chi connectivity index (χ3v) is 5.65. The highest BCUT2D eigenvalue weighted by molar-refractivity contribution is 6.20. The number of likely N-dealkylation sites (N-methyl/N-ethyl adjacent to an activating group) is 2. The first-order valence-corrected chi connectivity index (χ1v) is 9.78. The van der Waals surface area contributed by atoms with Crippen molar-refractivity contribution in [3.8, 4) is 11.5 Å². The van der Waals surface area contributed by atoms with Crippen molar-refractivity contribution < 1.29 is 19.1 Å². The van der Waals surface area contributed by atoms with Crippen molar-refractivity contribution in [1.29, 1.82) is 0 Å². The van der Waals surface area contributed by atoms with Gasteiger partial charge in [-0.25, -0.2) is 0 Å². The van der Waals surface area contributed by atoms with Gasteiger partial charge in [-0.15, -0.1) is 0 Å². The Morgan fingerprint density at radius 2 is 1.71 bits per heavy atom. The lowest BCUT2D eigenvalue weighted by atomic mass is 9.90. The van der Waals surface area contributed by atoms with Crippen LogP contribution in [0.4, 0.5) is 0 Å². The number of hydrogen-bond donors (Lipinski definition) is 0. The number of ether oxygens (including phenoxy) is 2. The molecule has 3 rings (SSSR count). The van der Waals surface area contributed by atoms with E-state index in [1.54, 1.807) is 14.2 Å². The molecule has 1 fully saturated rings. The SMILES string of the molecule is CCN1CCN(C(=O)C2=CN(CC)C(C=O)c3cc(OC)c(OC)cc32)CC1. The van der Waals surface area contributed by atoms with Crippen molar-refractivity contribution in [1.82, 2.24) is 14.7 Å². The van der Waals surface area contributed by atoms with Crippen LogP contribution in [-0.2, 0) is 9.59 Å². The number of nitrogens with zero attached hydrogens (tertiary/aromatic N) is 3. The van der Waals surface area contributed by atoms with E-state index in [0.717, 1.165) is 37.0 Å². The van der Waals surface area contributed by atoms with E-state index >= 15 is 0 Å². The number of fused-ring (bicyclic) bond motifs is 1. The molecule has 0 radical (unpaired) electrons. The van der Waals surface area contributed by atoms with E-state index in [0.29, 0.717) is 36.7 Å². The van der Waals surface area contributed by atoms with Crippen molar-refractivity contribution in [3.63, 3.8) is 0 Å². The number of carbonyl (C=O) groups excluding carboxylic acids is 2. The number of piperazine rings is 1. The number of benzene rings is 1. The number of hydrogen-bond acceptors (Lipinski definition) is 6. The molecule has 7 heteroatoms. The highest BCUT2D eigenvalue weighted by Crippen LogP contribution is 2.41. The summed E-state index contributed by atoms with van der Waals surface area (Å²) in [6, 6.07) is 3.17. The van der Waals surface area contributed by atoms with E-state index in [4.69, 9.17) is 9.47 Å². The molecule has 1 aromatic carbocycles. The van der Waals surface area contributed by atoms with Crippen LogP contribution in [0.25, 0.3) is 5.57 Å². The number of aldehydes is 1. The molecular formula is C21H29N3O4. The highest BCUT2D eigenvalue weighted by atomic mass is 16.5. The van der Waals surface area contributed by atoms with Crippen LogP contribution in [0.5, 0.6) is 11.5 Å². The Hall–Kier alpha value is -2.54. The molecule has 7 nitrogen and oxygen atoms in total. The van der Waals surface area contributed by atoms with Crippen molar-refractivity contribution in [2.45, 2.75) is 19.9 Å². The van der Waals surface area contributed by atoms with Crippen molar-refractivity contribution >= 4 is 17.8 Å². The fourth-order valence-electron chi connectivity index (χ4n) is 3.91. The maximum Gasteiger partial charge on any atom is 0.256 e. The molecule has 1 amide bonds. The van der Waals surface area contributed by atoms with Gasteiger partial charge in [-0.1, -0.05) is 6.92 Å². The Morgan fingerprint density at radius 3 is 2.25 bits per heavy atom. The maximum absolute atomic E-state index is 13.4. The number of amides is 1. The van der Waals surface area contributed by atoms with Gasteiger partial charge in [0.05, 0.1) is 19.8 Å². The van der Waals surface area contributed by atoms with E-state index in [1.165, 1.54) is 0 Å². The zero-order valence-corrected chi connectivity index (χ0v) is 17.1. The van der Waals surface area contributed by atoms with Crippen LogP contribution in [0.2, 0.25) is 0 Å². The van der Waals surface area contributed by atoms with Gasteiger partial charge in [0, 0.05) is 38.9 Å². The number of rotatable bonds is 6. The minimum atomic E-state index is -0.451. The lowest BCUT2D eigenvalue weighted by molar-refractivity contribution is -0.126. The topological polar surface area (TPSA) is 62.3 Å². The summed E-state index contributed by atoms with van der Waals surface area (Å²) in [6.07, 6.45) is 2.73. The van der Waals surface area contributed by atoms with Crippen LogP contribution in [0, 0.1) is 0 Å². The largest absolute Gasteiger partial charge is 0.493 e. The van der Waals surface area contributed by atoms with Gasteiger partial charge in [-0.05, 0) is 36.7 Å². The quantitative estimate of drug-likeness (QED) is 0.694. The Labute approximate surface area is 166 Å². The molecule has 1 saturated heterocycles. The van der Waals surface area contributed by atoms with Gasteiger partial charge in [0.15, 0.2) is 11.5 Å². The molecule has 1 aromatic rings. The molecule has 28 heavy (non-hydrogen) atoms. The number of methoxy groups -OCH3 is 2. The Balaban J connectivity index is 2.02. The van der Waals surface area contributed by atoms with Crippen LogP contribution >= 0.6 is 0 Å². The summed E-state index contributed by atoms with van der Waals surface area (Å²) in [5.74, 6) is 1.09. The smallest absolute Gasteiger partial charge is 0.256 e. The first-order chi connectivity index (χ1) is 13.6. The fourth-order valence-corrected chi connectivity index (χ4v) is 3.91. The third-order valence-electron chi connectivity index (χ3n) is 5.65. The molecule has 0 N–H and O–H groups in total. The normalized spacial score (nSPS) is 19.7. The van der Waals surface area contributed by atoms with Crippen LogP contribution < -0.4 is 9.47 Å².